The van der Waals surface area contributed by atoms with Crippen LogP contribution in [0.4, 0.5) is 11.4 Å². The number of thiocarbonyl (C=S) groups is 1. The smallest absolute Gasteiger partial charge is 0.264 e. The van der Waals surface area contributed by atoms with Crippen molar-refractivity contribution < 1.29 is 17.9 Å². The molecule has 1 amide bonds. The van der Waals surface area contributed by atoms with Crippen molar-refractivity contribution in [2.24, 2.45) is 0 Å². The van der Waals surface area contributed by atoms with E-state index in [2.05, 4.69) is 17.6 Å². The summed E-state index contributed by atoms with van der Waals surface area (Å²) in [4.78, 5) is 13.0. The third kappa shape index (κ3) is 5.85. The molecular formula is C27H29N3O4S2. The van der Waals surface area contributed by atoms with Crippen molar-refractivity contribution in [3.8, 4) is 5.75 Å². The van der Waals surface area contributed by atoms with E-state index in [4.69, 9.17) is 17.0 Å². The molecule has 0 spiro atoms. The molecule has 0 saturated heterocycles. The Morgan fingerprint density at radius 2 is 1.72 bits per heavy atom. The first-order chi connectivity index (χ1) is 17.4. The zero-order valence-corrected chi connectivity index (χ0v) is 21.7. The maximum atomic E-state index is 13.2. The van der Waals surface area contributed by atoms with Crippen LogP contribution in [0, 0.1) is 0 Å². The number of benzene rings is 3. The number of fused-ring (bicyclic) bond motifs is 1. The lowest BCUT2D eigenvalue weighted by molar-refractivity contribution is 0.0973. The Morgan fingerprint density at radius 1 is 1.00 bits per heavy atom. The topological polar surface area (TPSA) is 87.7 Å². The minimum atomic E-state index is -3.68. The molecular weight excluding hydrogens is 494 g/mol. The molecule has 4 rings (SSSR count). The van der Waals surface area contributed by atoms with Crippen LogP contribution >= 0.6 is 12.2 Å². The zero-order valence-electron chi connectivity index (χ0n) is 20.1. The van der Waals surface area contributed by atoms with Crippen LogP contribution in [-0.4, -0.2) is 32.6 Å². The lowest BCUT2D eigenvalue weighted by Crippen LogP contribution is -2.34. The summed E-state index contributed by atoms with van der Waals surface area (Å²) in [7, 11) is -3.68. The van der Waals surface area contributed by atoms with Gasteiger partial charge < -0.3 is 10.1 Å². The van der Waals surface area contributed by atoms with Gasteiger partial charge in [0.05, 0.1) is 22.8 Å². The Kier molecular flexibility index (Phi) is 8.22. The van der Waals surface area contributed by atoms with Crippen LogP contribution in [0.5, 0.6) is 5.75 Å². The van der Waals surface area contributed by atoms with E-state index in [0.717, 1.165) is 30.5 Å². The molecule has 9 heteroatoms. The molecule has 0 saturated carbocycles. The fraction of sp³-hybridized carbons (Fsp3) is 0.259. The number of anilines is 2. The number of sulfonamides is 1. The van der Waals surface area contributed by atoms with Gasteiger partial charge in [-0.1, -0.05) is 50.1 Å². The molecule has 0 fully saturated rings. The molecule has 0 aliphatic carbocycles. The van der Waals surface area contributed by atoms with Gasteiger partial charge in [-0.05, 0) is 73.1 Å². The maximum Gasteiger partial charge on any atom is 0.264 e. The third-order valence-corrected chi connectivity index (χ3v) is 7.94. The average molecular weight is 524 g/mol. The highest BCUT2D eigenvalue weighted by atomic mass is 32.2. The largest absolute Gasteiger partial charge is 0.493 e. The average Bonchev–Trinajstić information content (AvgIpc) is 3.32. The predicted octanol–water partition coefficient (Wildman–Crippen LogP) is 5.13. The molecule has 0 radical (unpaired) electrons. The molecule has 1 heterocycles. The van der Waals surface area contributed by atoms with E-state index in [1.54, 1.807) is 30.3 Å². The van der Waals surface area contributed by atoms with E-state index in [0.29, 0.717) is 36.6 Å². The highest BCUT2D eigenvalue weighted by Gasteiger charge is 2.30. The van der Waals surface area contributed by atoms with Gasteiger partial charge in [-0.3, -0.25) is 14.4 Å². The van der Waals surface area contributed by atoms with E-state index in [9.17, 15) is 13.2 Å². The second kappa shape index (κ2) is 11.5. The van der Waals surface area contributed by atoms with E-state index in [1.165, 1.54) is 16.4 Å². The lowest BCUT2D eigenvalue weighted by Gasteiger charge is -2.20. The second-order valence-corrected chi connectivity index (χ2v) is 10.7. The third-order valence-electron chi connectivity index (χ3n) is 5.91. The van der Waals surface area contributed by atoms with Crippen molar-refractivity contribution in [1.29, 1.82) is 0 Å². The number of amides is 1. The molecule has 0 aromatic heterocycles. The van der Waals surface area contributed by atoms with Crippen molar-refractivity contribution in [2.75, 3.05) is 22.8 Å². The van der Waals surface area contributed by atoms with E-state index in [-0.39, 0.29) is 15.9 Å². The molecule has 3 aromatic carbocycles. The number of unbranched alkanes of at least 4 members (excludes halogenated alkanes) is 2. The number of nitrogens with one attached hydrogen (secondary N) is 2. The molecule has 3 aromatic rings. The highest BCUT2D eigenvalue weighted by molar-refractivity contribution is 7.92. The summed E-state index contributed by atoms with van der Waals surface area (Å²) in [6.45, 7) is 3.08. The summed E-state index contributed by atoms with van der Waals surface area (Å²) >= 11 is 5.30. The van der Waals surface area contributed by atoms with Gasteiger partial charge in [0, 0.05) is 12.2 Å². The van der Waals surface area contributed by atoms with Gasteiger partial charge in [-0.15, -0.1) is 0 Å². The zero-order chi connectivity index (χ0) is 25.5. The molecule has 7 nitrogen and oxygen atoms in total. The number of carbonyl (C=O) groups excluding carboxylic acids is 1. The number of nitrogens with zero attached hydrogens (tertiary/aromatic N) is 1. The first-order valence-corrected chi connectivity index (χ1v) is 13.8. The van der Waals surface area contributed by atoms with Crippen LogP contribution in [0.2, 0.25) is 0 Å². The molecule has 1 aliphatic heterocycles. The Bertz CT molecular complexity index is 1340. The standard InChI is InChI=1S/C27H29N3O4S2/c1-2-3-8-19-34-25-12-7-5-10-23(25)26(31)29-27(35)28-21-13-15-22(16-14-21)36(32,33)30-18-17-20-9-4-6-11-24(20)30/h4-7,9-16H,2-3,8,17-19H2,1H3,(H2,28,29,31,35). The van der Waals surface area contributed by atoms with Gasteiger partial charge >= 0.3 is 0 Å². The fourth-order valence-corrected chi connectivity index (χ4v) is 5.76. The summed E-state index contributed by atoms with van der Waals surface area (Å²) < 4.78 is 33.6. The van der Waals surface area contributed by atoms with Gasteiger partial charge in [-0.2, -0.15) is 0 Å². The van der Waals surface area contributed by atoms with E-state index >= 15 is 0 Å². The van der Waals surface area contributed by atoms with E-state index < -0.39 is 10.0 Å². The van der Waals surface area contributed by atoms with Crippen LogP contribution in [0.25, 0.3) is 0 Å². The summed E-state index contributed by atoms with van der Waals surface area (Å²) in [6, 6.07) is 20.9. The first kappa shape index (κ1) is 25.7. The summed E-state index contributed by atoms with van der Waals surface area (Å²) in [5.41, 5.74) is 2.70. The summed E-state index contributed by atoms with van der Waals surface area (Å²) in [5, 5.41) is 5.70. The predicted molar refractivity (Wildman–Crippen MR) is 146 cm³/mol. The normalized spacial score (nSPS) is 12.6. The van der Waals surface area contributed by atoms with E-state index in [1.807, 2.05) is 30.3 Å². The second-order valence-electron chi connectivity index (χ2n) is 8.44. The molecule has 36 heavy (non-hydrogen) atoms. The van der Waals surface area contributed by atoms with Crippen LogP contribution in [0.15, 0.2) is 77.7 Å². The number of hydrogen-bond acceptors (Lipinski definition) is 5. The van der Waals surface area contributed by atoms with Crippen LogP contribution in [-0.2, 0) is 16.4 Å². The number of carbonyl (C=O) groups is 1. The quantitative estimate of drug-likeness (QED) is 0.299. The summed E-state index contributed by atoms with van der Waals surface area (Å²) in [6.07, 6.45) is 3.76. The molecule has 2 N–H and O–H groups in total. The molecule has 188 valence electrons. The molecule has 0 bridgehead atoms. The monoisotopic (exact) mass is 523 g/mol. The van der Waals surface area contributed by atoms with Crippen molar-refractivity contribution in [1.82, 2.24) is 5.32 Å². The van der Waals surface area contributed by atoms with Crippen molar-refractivity contribution in [2.45, 2.75) is 37.5 Å². The summed E-state index contributed by atoms with van der Waals surface area (Å²) in [5.74, 6) is 0.123. The Hall–Kier alpha value is -3.43. The van der Waals surface area contributed by atoms with Gasteiger partial charge in [0.25, 0.3) is 15.9 Å². The van der Waals surface area contributed by atoms with Crippen LogP contribution < -0.4 is 19.7 Å². The maximum absolute atomic E-state index is 13.2. The van der Waals surface area contributed by atoms with Crippen molar-refractivity contribution in [3.05, 3.63) is 83.9 Å². The van der Waals surface area contributed by atoms with Gasteiger partial charge in [0.1, 0.15) is 5.75 Å². The number of para-hydroxylation sites is 2. The molecule has 0 atom stereocenters. The lowest BCUT2D eigenvalue weighted by atomic mass is 10.2. The minimum absolute atomic E-state index is 0.102. The molecule has 1 aliphatic rings. The van der Waals surface area contributed by atoms with Gasteiger partial charge in [0.2, 0.25) is 0 Å². The highest BCUT2D eigenvalue weighted by Crippen LogP contribution is 2.32. The van der Waals surface area contributed by atoms with Gasteiger partial charge in [-0.25, -0.2) is 8.42 Å². The van der Waals surface area contributed by atoms with Crippen molar-refractivity contribution >= 4 is 44.6 Å². The minimum Gasteiger partial charge on any atom is -0.493 e. The van der Waals surface area contributed by atoms with Crippen LogP contribution in [0.3, 0.4) is 0 Å². The first-order valence-electron chi connectivity index (χ1n) is 11.9. The van der Waals surface area contributed by atoms with Crippen molar-refractivity contribution in [3.63, 3.8) is 0 Å². The Balaban J connectivity index is 1.38. The van der Waals surface area contributed by atoms with Crippen LogP contribution in [0.1, 0.15) is 42.1 Å². The SMILES string of the molecule is CCCCCOc1ccccc1C(=O)NC(=S)Nc1ccc(S(=O)(=O)N2CCc3ccccc32)cc1. The number of hydrogen-bond donors (Lipinski definition) is 2. The Morgan fingerprint density at radius 3 is 2.50 bits per heavy atom. The molecule has 0 unspecified atom stereocenters. The van der Waals surface area contributed by atoms with Gasteiger partial charge in [0.15, 0.2) is 5.11 Å². The Labute approximate surface area is 217 Å². The fourth-order valence-electron chi connectivity index (χ4n) is 4.04. The number of rotatable bonds is 9. The number of ether oxygens (including phenoxy) is 1.